The lowest BCUT2D eigenvalue weighted by Crippen LogP contribution is -2.16. The number of hydrogen-bond donors (Lipinski definition) is 0. The van der Waals surface area contributed by atoms with Crippen molar-refractivity contribution < 1.29 is 10.0 Å². The summed E-state index contributed by atoms with van der Waals surface area (Å²) in [6.07, 6.45) is 1.75. The summed E-state index contributed by atoms with van der Waals surface area (Å²) in [6, 6.07) is 3.02. The van der Waals surface area contributed by atoms with Crippen LogP contribution in [0.1, 0.15) is 30.4 Å². The van der Waals surface area contributed by atoms with Crippen molar-refractivity contribution in [3.8, 4) is 0 Å². The van der Waals surface area contributed by atoms with Gasteiger partial charge in [0.2, 0.25) is 0 Å². The van der Waals surface area contributed by atoms with E-state index in [1.165, 1.54) is 6.07 Å². The third-order valence-electron chi connectivity index (χ3n) is 2.73. The van der Waals surface area contributed by atoms with E-state index < -0.39 is 4.92 Å². The predicted octanol–water partition coefficient (Wildman–Crippen LogP) is 3.01. The summed E-state index contributed by atoms with van der Waals surface area (Å²) in [6.45, 7) is 3.44. The molecule has 0 aliphatic carbocycles. The lowest BCUT2D eigenvalue weighted by Gasteiger charge is -2.11. The van der Waals surface area contributed by atoms with E-state index in [2.05, 4.69) is 4.99 Å². The maximum atomic E-state index is 11.6. The van der Waals surface area contributed by atoms with E-state index in [4.69, 9.17) is 11.6 Å². The van der Waals surface area contributed by atoms with Crippen molar-refractivity contribution in [1.29, 1.82) is 0 Å². The molecule has 0 amide bonds. The van der Waals surface area contributed by atoms with Crippen LogP contribution in [0, 0.1) is 24.0 Å². The van der Waals surface area contributed by atoms with Gasteiger partial charge in [0.1, 0.15) is 0 Å². The van der Waals surface area contributed by atoms with Crippen molar-refractivity contribution in [3.63, 3.8) is 0 Å². The van der Waals surface area contributed by atoms with E-state index in [1.54, 1.807) is 19.9 Å². The molecule has 0 unspecified atom stereocenters. The minimum Gasteiger partial charge on any atom is -0.862 e. The number of nitrogens with zero attached hydrogens (tertiary/aromatic N) is 2. The highest BCUT2D eigenvalue weighted by molar-refractivity contribution is 6.17. The highest BCUT2D eigenvalue weighted by atomic mass is 35.5. The molecule has 6 heteroatoms. The number of alkyl halides is 1. The fraction of sp³-hybridized carbons (Fsp3) is 0.462. The summed E-state index contributed by atoms with van der Waals surface area (Å²) in [7, 11) is 0. The van der Waals surface area contributed by atoms with Crippen LogP contribution in [0.4, 0.5) is 11.4 Å². The Kier molecular flexibility index (Phi) is 5.76. The molecule has 0 atom stereocenters. The zero-order chi connectivity index (χ0) is 14.4. The first-order valence-corrected chi connectivity index (χ1v) is 6.55. The van der Waals surface area contributed by atoms with Gasteiger partial charge in [-0.2, -0.15) is 0 Å². The summed E-state index contributed by atoms with van der Waals surface area (Å²) < 4.78 is 0. The number of nitro benzene ring substituents is 1. The first-order valence-electron chi connectivity index (χ1n) is 6.02. The van der Waals surface area contributed by atoms with Crippen LogP contribution in [-0.4, -0.2) is 16.7 Å². The molecule has 0 bridgehead atoms. The van der Waals surface area contributed by atoms with Gasteiger partial charge in [-0.1, -0.05) is 0 Å². The number of aliphatic imine (C=N–C) groups is 1. The fourth-order valence-electron chi connectivity index (χ4n) is 1.71. The normalized spacial score (nSPS) is 11.6. The monoisotopic (exact) mass is 283 g/mol. The van der Waals surface area contributed by atoms with Crippen molar-refractivity contribution >= 4 is 28.9 Å². The van der Waals surface area contributed by atoms with E-state index in [1.807, 2.05) is 0 Å². The largest absolute Gasteiger partial charge is 0.862 e. The Morgan fingerprint density at radius 1 is 1.32 bits per heavy atom. The number of benzene rings is 1. The summed E-state index contributed by atoms with van der Waals surface area (Å²) in [5.74, 6) is 0.244. The van der Waals surface area contributed by atoms with Crippen LogP contribution in [0.3, 0.4) is 0 Å². The van der Waals surface area contributed by atoms with Crippen LogP contribution >= 0.6 is 11.6 Å². The second-order valence-electron chi connectivity index (χ2n) is 4.33. The quantitative estimate of drug-likeness (QED) is 0.201. The number of rotatable bonds is 6. The Morgan fingerprint density at radius 2 is 2.00 bits per heavy atom. The third kappa shape index (κ3) is 4.52. The molecule has 0 saturated heterocycles. The summed E-state index contributed by atoms with van der Waals surface area (Å²) in [4.78, 5) is 14.3. The van der Waals surface area contributed by atoms with Crippen molar-refractivity contribution in [2.24, 2.45) is 4.99 Å². The van der Waals surface area contributed by atoms with E-state index in [0.717, 1.165) is 12.0 Å². The lowest BCUT2D eigenvalue weighted by molar-refractivity contribution is -0.385. The van der Waals surface area contributed by atoms with E-state index in [0.29, 0.717) is 30.0 Å². The van der Waals surface area contributed by atoms with Gasteiger partial charge < -0.3 is 5.11 Å². The number of aryl methyl sites for hydroxylation is 2. The van der Waals surface area contributed by atoms with Crippen LogP contribution in [0.25, 0.3) is 0 Å². The van der Waals surface area contributed by atoms with Crippen LogP contribution in [0.15, 0.2) is 17.1 Å². The van der Waals surface area contributed by atoms with E-state index in [-0.39, 0.29) is 11.6 Å². The molecule has 0 aromatic heterocycles. The Labute approximate surface area is 117 Å². The average Bonchev–Trinajstić information content (AvgIpc) is 2.32. The second kappa shape index (κ2) is 7.09. The summed E-state index contributed by atoms with van der Waals surface area (Å²) in [5.41, 5.74) is 1.68. The van der Waals surface area contributed by atoms with Gasteiger partial charge in [0.15, 0.2) is 0 Å². The third-order valence-corrected chi connectivity index (χ3v) is 3.00. The number of halogens is 1. The van der Waals surface area contributed by atoms with Crippen molar-refractivity contribution in [2.75, 3.05) is 5.88 Å². The molecule has 1 aromatic rings. The molecule has 0 aliphatic rings. The smallest absolute Gasteiger partial charge is 0.274 e. The first-order chi connectivity index (χ1) is 8.95. The maximum Gasteiger partial charge on any atom is 0.274 e. The van der Waals surface area contributed by atoms with E-state index >= 15 is 0 Å². The Balaban J connectivity index is 2.97. The van der Waals surface area contributed by atoms with Gasteiger partial charge in [-0.3, -0.25) is 15.1 Å². The molecule has 0 radical (unpaired) electrons. The molecular weight excluding hydrogens is 268 g/mol. The van der Waals surface area contributed by atoms with Gasteiger partial charge in [0.05, 0.1) is 10.6 Å². The molecule has 0 heterocycles. The minimum atomic E-state index is -0.467. The van der Waals surface area contributed by atoms with Crippen LogP contribution < -0.4 is 5.11 Å². The average molecular weight is 284 g/mol. The molecule has 0 saturated carbocycles. The molecule has 1 aromatic carbocycles. The topological polar surface area (TPSA) is 78.6 Å². The van der Waals surface area contributed by atoms with Gasteiger partial charge in [-0.25, -0.2) is 0 Å². The molecule has 0 aliphatic heterocycles. The molecule has 1 rings (SSSR count). The minimum absolute atomic E-state index is 0.0158. The van der Waals surface area contributed by atoms with Crippen molar-refractivity contribution in [1.82, 2.24) is 0 Å². The molecule has 0 spiro atoms. The Bertz CT molecular complexity index is 501. The number of unbranched alkanes of at least 4 members (excludes halogenated alkanes) is 1. The molecule has 19 heavy (non-hydrogen) atoms. The number of hydrogen-bond acceptors (Lipinski definition) is 4. The number of nitro groups is 1. The standard InChI is InChI=1S/C13H17ClN2O3/c1-9-7-10(2)12(16(18)19)8-11(9)15-13(17)5-3-4-6-14/h7-8H,3-6H2,1-2H3,(H,15,17)/p-1. The second-order valence-corrected chi connectivity index (χ2v) is 4.71. The van der Waals surface area contributed by atoms with E-state index in [9.17, 15) is 15.2 Å². The molecule has 104 valence electrons. The van der Waals surface area contributed by atoms with Gasteiger partial charge in [-0.05, 0) is 50.6 Å². The van der Waals surface area contributed by atoms with Gasteiger partial charge >= 0.3 is 0 Å². The van der Waals surface area contributed by atoms with Crippen molar-refractivity contribution in [2.45, 2.75) is 33.1 Å². The van der Waals surface area contributed by atoms with Crippen LogP contribution in [-0.2, 0) is 0 Å². The molecular formula is C13H16ClN2O3-. The van der Waals surface area contributed by atoms with Crippen LogP contribution in [0.5, 0.6) is 0 Å². The summed E-state index contributed by atoms with van der Waals surface area (Å²) in [5, 5.41) is 22.5. The van der Waals surface area contributed by atoms with Gasteiger partial charge in [0, 0.05) is 17.5 Å². The molecule has 5 nitrogen and oxygen atoms in total. The SMILES string of the molecule is Cc1cc(C)c([N+](=O)[O-])cc1N=C([O-])CCCCCl. The molecule has 0 N–H and O–H groups in total. The van der Waals surface area contributed by atoms with Gasteiger partial charge in [0.25, 0.3) is 5.69 Å². The highest BCUT2D eigenvalue weighted by Gasteiger charge is 2.12. The van der Waals surface area contributed by atoms with Crippen LogP contribution in [0.2, 0.25) is 0 Å². The summed E-state index contributed by atoms with van der Waals surface area (Å²) >= 11 is 5.53. The zero-order valence-corrected chi connectivity index (χ0v) is 11.7. The first kappa shape index (κ1) is 15.4. The molecule has 0 fully saturated rings. The van der Waals surface area contributed by atoms with Crippen molar-refractivity contribution in [3.05, 3.63) is 33.4 Å². The maximum absolute atomic E-state index is 11.6. The highest BCUT2D eigenvalue weighted by Crippen LogP contribution is 2.28. The predicted molar refractivity (Wildman–Crippen MR) is 74.2 cm³/mol. The Hall–Kier alpha value is -1.62. The van der Waals surface area contributed by atoms with Gasteiger partial charge in [-0.15, -0.1) is 11.6 Å². The zero-order valence-electron chi connectivity index (χ0n) is 11.0. The Morgan fingerprint density at radius 3 is 2.58 bits per heavy atom. The lowest BCUT2D eigenvalue weighted by atomic mass is 10.1. The fourth-order valence-corrected chi connectivity index (χ4v) is 1.90.